The number of carbonyl (C=O) groups is 1. The highest BCUT2D eigenvalue weighted by atomic mass is 16.3. The average Bonchev–Trinajstić information content (AvgIpc) is 2.81. The Hall–Kier alpha value is -1.56. The van der Waals surface area contributed by atoms with E-state index in [1.165, 1.54) is 0 Å². The molecule has 6 nitrogen and oxygen atoms in total. The predicted octanol–water partition coefficient (Wildman–Crippen LogP) is 1.69. The largest absolute Gasteiger partial charge is 0.393 e. The smallest absolute Gasteiger partial charge is 0.317 e. The Morgan fingerprint density at radius 3 is 2.68 bits per heavy atom. The number of hydrogen-bond acceptors (Lipinski definition) is 3. The van der Waals surface area contributed by atoms with E-state index in [0.29, 0.717) is 12.5 Å². The lowest BCUT2D eigenvalue weighted by molar-refractivity contribution is 0.0798. The Morgan fingerprint density at radius 1 is 1.45 bits per heavy atom. The van der Waals surface area contributed by atoms with Crippen LogP contribution in [0.3, 0.4) is 0 Å². The summed E-state index contributed by atoms with van der Waals surface area (Å²) in [5.74, 6) is 0.329. The minimum absolute atomic E-state index is 0.0115. The van der Waals surface area contributed by atoms with Gasteiger partial charge < -0.3 is 15.3 Å². The molecule has 1 atom stereocenters. The first kappa shape index (κ1) is 16.8. The summed E-state index contributed by atoms with van der Waals surface area (Å²) in [5.41, 5.74) is 2.19. The molecule has 1 saturated heterocycles. The van der Waals surface area contributed by atoms with Crippen molar-refractivity contribution in [3.8, 4) is 0 Å². The monoisotopic (exact) mass is 308 g/mol. The highest BCUT2D eigenvalue weighted by molar-refractivity contribution is 5.74. The number of aryl methyl sites for hydroxylation is 3. The zero-order valence-electron chi connectivity index (χ0n) is 13.9. The standard InChI is InChI=1S/C16H28N4O2/c1-12-11-13(2)20(18-12)8-4-7-17-16(22)19-9-5-15(6-10-19)14(3)21/h11,14-15,21H,4-10H2,1-3H3,(H,17,22). The van der Waals surface area contributed by atoms with Crippen LogP contribution in [-0.2, 0) is 6.54 Å². The van der Waals surface area contributed by atoms with Crippen LogP contribution in [0.25, 0.3) is 0 Å². The first-order valence-electron chi connectivity index (χ1n) is 8.19. The number of aromatic nitrogens is 2. The van der Waals surface area contributed by atoms with Gasteiger partial charge in [-0.3, -0.25) is 4.68 Å². The molecule has 124 valence electrons. The Labute approximate surface area is 132 Å². The highest BCUT2D eigenvalue weighted by Gasteiger charge is 2.25. The molecule has 0 saturated carbocycles. The maximum atomic E-state index is 12.1. The molecule has 22 heavy (non-hydrogen) atoms. The predicted molar refractivity (Wildman–Crippen MR) is 85.7 cm³/mol. The normalized spacial score (nSPS) is 17.5. The molecule has 1 aliphatic rings. The zero-order valence-corrected chi connectivity index (χ0v) is 13.9. The molecule has 2 heterocycles. The van der Waals surface area contributed by atoms with Gasteiger partial charge in [0.25, 0.3) is 0 Å². The molecule has 1 aliphatic heterocycles. The number of carbonyl (C=O) groups excluding carboxylic acids is 1. The maximum absolute atomic E-state index is 12.1. The van der Waals surface area contributed by atoms with Crippen LogP contribution < -0.4 is 5.32 Å². The summed E-state index contributed by atoms with van der Waals surface area (Å²) in [6, 6.07) is 2.07. The third-order valence-electron chi connectivity index (χ3n) is 4.44. The minimum atomic E-state index is -0.272. The van der Waals surface area contributed by atoms with Gasteiger partial charge in [0.05, 0.1) is 11.8 Å². The van der Waals surface area contributed by atoms with Crippen molar-refractivity contribution in [2.24, 2.45) is 5.92 Å². The SMILES string of the molecule is Cc1cc(C)n(CCCNC(=O)N2CCC(C(C)O)CC2)n1. The van der Waals surface area contributed by atoms with E-state index >= 15 is 0 Å². The molecular formula is C16H28N4O2. The summed E-state index contributed by atoms with van der Waals surface area (Å²) >= 11 is 0. The molecule has 0 bridgehead atoms. The second-order valence-electron chi connectivity index (χ2n) is 6.30. The van der Waals surface area contributed by atoms with Crippen LogP contribution in [0, 0.1) is 19.8 Å². The Balaban J connectivity index is 1.65. The van der Waals surface area contributed by atoms with Gasteiger partial charge in [0.2, 0.25) is 0 Å². The van der Waals surface area contributed by atoms with Gasteiger partial charge >= 0.3 is 6.03 Å². The van der Waals surface area contributed by atoms with Crippen molar-refractivity contribution in [3.05, 3.63) is 17.5 Å². The molecule has 1 aromatic heterocycles. The van der Waals surface area contributed by atoms with Crippen molar-refractivity contribution >= 4 is 6.03 Å². The van der Waals surface area contributed by atoms with Crippen molar-refractivity contribution in [2.75, 3.05) is 19.6 Å². The van der Waals surface area contributed by atoms with Gasteiger partial charge in [0, 0.05) is 31.9 Å². The quantitative estimate of drug-likeness (QED) is 0.813. The van der Waals surface area contributed by atoms with Crippen molar-refractivity contribution in [1.29, 1.82) is 0 Å². The van der Waals surface area contributed by atoms with E-state index in [2.05, 4.69) is 16.5 Å². The number of nitrogens with one attached hydrogen (secondary N) is 1. The van der Waals surface area contributed by atoms with Crippen LogP contribution in [0.15, 0.2) is 6.07 Å². The number of hydrogen-bond donors (Lipinski definition) is 2. The van der Waals surface area contributed by atoms with Crippen LogP contribution in [0.5, 0.6) is 0 Å². The van der Waals surface area contributed by atoms with E-state index in [1.54, 1.807) is 0 Å². The molecule has 1 fully saturated rings. The number of nitrogens with zero attached hydrogens (tertiary/aromatic N) is 3. The van der Waals surface area contributed by atoms with E-state index < -0.39 is 0 Å². The highest BCUT2D eigenvalue weighted by Crippen LogP contribution is 2.20. The van der Waals surface area contributed by atoms with E-state index in [0.717, 1.165) is 50.3 Å². The molecule has 0 radical (unpaired) electrons. The van der Waals surface area contributed by atoms with E-state index in [4.69, 9.17) is 0 Å². The number of rotatable bonds is 5. The summed E-state index contributed by atoms with van der Waals surface area (Å²) < 4.78 is 1.98. The third kappa shape index (κ3) is 4.47. The molecule has 6 heteroatoms. The number of aliphatic hydroxyl groups excluding tert-OH is 1. The first-order valence-corrected chi connectivity index (χ1v) is 8.19. The van der Waals surface area contributed by atoms with E-state index in [1.807, 2.05) is 30.4 Å². The lowest BCUT2D eigenvalue weighted by Gasteiger charge is -2.33. The van der Waals surface area contributed by atoms with E-state index in [9.17, 15) is 9.90 Å². The Kier molecular flexibility index (Phi) is 5.83. The number of likely N-dealkylation sites (tertiary alicyclic amines) is 1. The molecule has 0 spiro atoms. The minimum Gasteiger partial charge on any atom is -0.393 e. The van der Waals surface area contributed by atoms with Gasteiger partial charge in [-0.1, -0.05) is 0 Å². The van der Waals surface area contributed by atoms with Gasteiger partial charge in [0.1, 0.15) is 0 Å². The number of urea groups is 1. The van der Waals surface area contributed by atoms with Crippen LogP contribution in [0.2, 0.25) is 0 Å². The summed E-state index contributed by atoms with van der Waals surface area (Å²) in [5, 5.41) is 17.0. The molecule has 2 amide bonds. The maximum Gasteiger partial charge on any atom is 0.317 e. The van der Waals surface area contributed by atoms with Crippen molar-refractivity contribution in [3.63, 3.8) is 0 Å². The van der Waals surface area contributed by atoms with Crippen LogP contribution in [-0.4, -0.2) is 51.6 Å². The Morgan fingerprint density at radius 2 is 2.14 bits per heavy atom. The van der Waals surface area contributed by atoms with Gasteiger partial charge in [-0.15, -0.1) is 0 Å². The molecule has 1 aromatic rings. The third-order valence-corrected chi connectivity index (χ3v) is 4.44. The molecule has 0 aromatic carbocycles. The molecule has 0 aliphatic carbocycles. The van der Waals surface area contributed by atoms with Gasteiger partial charge in [-0.25, -0.2) is 4.79 Å². The molecule has 2 rings (SSSR count). The lowest BCUT2D eigenvalue weighted by Crippen LogP contribution is -2.46. The van der Waals surface area contributed by atoms with Gasteiger partial charge in [-0.05, 0) is 52.0 Å². The molecule has 2 N–H and O–H groups in total. The number of aliphatic hydroxyl groups is 1. The van der Waals surface area contributed by atoms with Crippen LogP contribution in [0.4, 0.5) is 4.79 Å². The average molecular weight is 308 g/mol. The summed E-state index contributed by atoms with van der Waals surface area (Å²) in [4.78, 5) is 13.9. The van der Waals surface area contributed by atoms with Crippen molar-refractivity contribution in [1.82, 2.24) is 20.0 Å². The Bertz CT molecular complexity index is 490. The van der Waals surface area contributed by atoms with Gasteiger partial charge in [0.15, 0.2) is 0 Å². The lowest BCUT2D eigenvalue weighted by atomic mass is 9.92. The first-order chi connectivity index (χ1) is 10.5. The number of amides is 2. The summed E-state index contributed by atoms with van der Waals surface area (Å²) in [7, 11) is 0. The summed E-state index contributed by atoms with van der Waals surface area (Å²) in [6.07, 6.45) is 2.37. The zero-order chi connectivity index (χ0) is 16.1. The van der Waals surface area contributed by atoms with Crippen LogP contribution in [0.1, 0.15) is 37.6 Å². The van der Waals surface area contributed by atoms with Crippen molar-refractivity contribution in [2.45, 2.75) is 52.7 Å². The fourth-order valence-electron chi connectivity index (χ4n) is 3.02. The fourth-order valence-corrected chi connectivity index (χ4v) is 3.02. The topological polar surface area (TPSA) is 70.4 Å². The van der Waals surface area contributed by atoms with Crippen molar-refractivity contribution < 1.29 is 9.90 Å². The van der Waals surface area contributed by atoms with Gasteiger partial charge in [-0.2, -0.15) is 5.10 Å². The second-order valence-corrected chi connectivity index (χ2v) is 6.30. The second kappa shape index (κ2) is 7.63. The number of piperidine rings is 1. The fraction of sp³-hybridized carbons (Fsp3) is 0.750. The molecule has 1 unspecified atom stereocenters. The summed E-state index contributed by atoms with van der Waals surface area (Å²) in [6.45, 7) is 8.82. The van der Waals surface area contributed by atoms with E-state index in [-0.39, 0.29) is 12.1 Å². The molecular weight excluding hydrogens is 280 g/mol. The van der Waals surface area contributed by atoms with Crippen LogP contribution >= 0.6 is 0 Å².